The Bertz CT molecular complexity index is 1140. The van der Waals surface area contributed by atoms with Gasteiger partial charge in [-0.1, -0.05) is 0 Å². The summed E-state index contributed by atoms with van der Waals surface area (Å²) in [7, 11) is 1.34. The smallest absolute Gasteiger partial charge is 0.337 e. The average molecular weight is 429 g/mol. The molecule has 4 rings (SSSR count). The molecule has 0 bridgehead atoms. The Morgan fingerprint density at radius 1 is 1.16 bits per heavy atom. The number of benzene rings is 2. The zero-order valence-electron chi connectivity index (χ0n) is 17.7. The van der Waals surface area contributed by atoms with E-state index in [9.17, 15) is 10.1 Å². The van der Waals surface area contributed by atoms with Crippen LogP contribution in [0.25, 0.3) is 11.3 Å². The van der Waals surface area contributed by atoms with Crippen molar-refractivity contribution in [3.8, 4) is 23.1 Å². The lowest BCUT2D eigenvalue weighted by atomic mass is 10.1. The Kier molecular flexibility index (Phi) is 6.58. The fraction of sp³-hybridized carbons (Fsp3) is 0.250. The lowest BCUT2D eigenvalue weighted by molar-refractivity contribution is 0.0600. The number of rotatable bonds is 6. The normalized spacial score (nSPS) is 13.8. The van der Waals surface area contributed by atoms with Crippen LogP contribution in [0.5, 0.6) is 5.75 Å². The number of aromatic nitrogens is 2. The third-order valence-corrected chi connectivity index (χ3v) is 5.19. The van der Waals surface area contributed by atoms with Crippen LogP contribution in [0.3, 0.4) is 0 Å². The number of carbonyl (C=O) groups is 1. The van der Waals surface area contributed by atoms with Crippen molar-refractivity contribution >= 4 is 17.6 Å². The van der Waals surface area contributed by atoms with E-state index in [0.717, 1.165) is 37.2 Å². The van der Waals surface area contributed by atoms with Crippen LogP contribution in [-0.4, -0.2) is 42.2 Å². The molecule has 0 saturated carbocycles. The van der Waals surface area contributed by atoms with Crippen LogP contribution in [0.15, 0.2) is 54.7 Å². The largest absolute Gasteiger partial charge is 0.489 e. The van der Waals surface area contributed by atoms with Crippen LogP contribution in [0.1, 0.15) is 28.8 Å². The molecule has 1 aromatic heterocycles. The average Bonchev–Trinajstić information content (AvgIpc) is 2.85. The lowest BCUT2D eigenvalue weighted by Crippen LogP contribution is -2.34. The number of nitriles is 1. The minimum atomic E-state index is -0.393. The molecule has 0 atom stereocenters. The lowest BCUT2D eigenvalue weighted by Gasteiger charge is -2.24. The first-order chi connectivity index (χ1) is 15.7. The van der Waals surface area contributed by atoms with Gasteiger partial charge in [0, 0.05) is 17.4 Å². The number of nitrogens with zero attached hydrogens (tertiary/aromatic N) is 3. The number of hydrogen-bond acceptors (Lipinski definition) is 8. The SMILES string of the molecule is COC(=O)c1ccc(Nc2nccc(-c3ccc(OC4CCNCC4)c(C#N)c3)n2)cc1. The highest BCUT2D eigenvalue weighted by atomic mass is 16.5. The Morgan fingerprint density at radius 2 is 1.94 bits per heavy atom. The summed E-state index contributed by atoms with van der Waals surface area (Å²) in [5.74, 6) is 0.610. The van der Waals surface area contributed by atoms with Gasteiger partial charge in [-0.25, -0.2) is 14.8 Å². The molecule has 0 spiro atoms. The number of carbonyl (C=O) groups excluding carboxylic acids is 1. The van der Waals surface area contributed by atoms with Gasteiger partial charge in [0.15, 0.2) is 0 Å². The summed E-state index contributed by atoms with van der Waals surface area (Å²) in [5, 5.41) is 16.1. The minimum absolute atomic E-state index is 0.120. The molecule has 0 unspecified atom stereocenters. The molecule has 1 saturated heterocycles. The second kappa shape index (κ2) is 9.90. The van der Waals surface area contributed by atoms with Crippen LogP contribution >= 0.6 is 0 Å². The van der Waals surface area contributed by atoms with E-state index in [0.29, 0.717) is 28.5 Å². The summed E-state index contributed by atoms with van der Waals surface area (Å²) >= 11 is 0. The van der Waals surface area contributed by atoms with Gasteiger partial charge in [-0.15, -0.1) is 0 Å². The molecule has 8 heteroatoms. The van der Waals surface area contributed by atoms with E-state index in [2.05, 4.69) is 26.7 Å². The van der Waals surface area contributed by atoms with Gasteiger partial charge >= 0.3 is 5.97 Å². The summed E-state index contributed by atoms with van der Waals surface area (Å²) in [5.41, 5.74) is 3.15. The molecule has 162 valence electrons. The van der Waals surface area contributed by atoms with Crippen LogP contribution in [-0.2, 0) is 4.74 Å². The van der Waals surface area contributed by atoms with Gasteiger partial charge < -0.3 is 20.1 Å². The zero-order valence-corrected chi connectivity index (χ0v) is 17.7. The van der Waals surface area contributed by atoms with E-state index < -0.39 is 5.97 Å². The molecule has 1 aliphatic rings. The summed E-state index contributed by atoms with van der Waals surface area (Å²) in [6.45, 7) is 1.85. The van der Waals surface area contributed by atoms with Gasteiger partial charge in [-0.3, -0.25) is 0 Å². The Hall–Kier alpha value is -3.96. The third kappa shape index (κ3) is 5.02. The number of esters is 1. The Labute approximate surface area is 186 Å². The maximum absolute atomic E-state index is 11.6. The maximum atomic E-state index is 11.6. The molecule has 0 aliphatic carbocycles. The summed E-state index contributed by atoms with van der Waals surface area (Å²) < 4.78 is 10.8. The second-order valence-corrected chi connectivity index (χ2v) is 7.35. The second-order valence-electron chi connectivity index (χ2n) is 7.35. The van der Waals surface area contributed by atoms with Crippen molar-refractivity contribution in [1.82, 2.24) is 15.3 Å². The van der Waals surface area contributed by atoms with Crippen molar-refractivity contribution in [3.05, 3.63) is 65.9 Å². The van der Waals surface area contributed by atoms with E-state index in [1.165, 1.54) is 7.11 Å². The van der Waals surface area contributed by atoms with Gasteiger partial charge in [0.05, 0.1) is 23.9 Å². The topological polar surface area (TPSA) is 109 Å². The van der Waals surface area contributed by atoms with E-state index in [1.807, 2.05) is 12.1 Å². The first-order valence-electron chi connectivity index (χ1n) is 10.4. The molecule has 1 fully saturated rings. The van der Waals surface area contributed by atoms with Gasteiger partial charge in [0.1, 0.15) is 17.9 Å². The van der Waals surface area contributed by atoms with Crippen molar-refractivity contribution < 1.29 is 14.3 Å². The predicted molar refractivity (Wildman–Crippen MR) is 120 cm³/mol. The first-order valence-corrected chi connectivity index (χ1v) is 10.4. The van der Waals surface area contributed by atoms with Crippen molar-refractivity contribution in [1.29, 1.82) is 5.26 Å². The Morgan fingerprint density at radius 3 is 2.66 bits per heavy atom. The number of nitrogens with one attached hydrogen (secondary N) is 2. The number of anilines is 2. The molecule has 32 heavy (non-hydrogen) atoms. The van der Waals surface area contributed by atoms with E-state index in [-0.39, 0.29) is 6.10 Å². The number of methoxy groups -OCH3 is 1. The highest BCUT2D eigenvalue weighted by Gasteiger charge is 2.17. The van der Waals surface area contributed by atoms with Crippen LogP contribution in [0, 0.1) is 11.3 Å². The molecular formula is C24H23N5O3. The molecule has 2 N–H and O–H groups in total. The van der Waals surface area contributed by atoms with Crippen molar-refractivity contribution in [2.75, 3.05) is 25.5 Å². The fourth-order valence-electron chi connectivity index (χ4n) is 3.49. The molecule has 2 heterocycles. The molecule has 2 aromatic carbocycles. The van der Waals surface area contributed by atoms with Gasteiger partial charge in [-0.05, 0) is 74.5 Å². The van der Waals surface area contributed by atoms with Gasteiger partial charge in [0.25, 0.3) is 0 Å². The number of ether oxygens (including phenoxy) is 2. The number of hydrogen-bond donors (Lipinski definition) is 2. The minimum Gasteiger partial charge on any atom is -0.489 e. The quantitative estimate of drug-likeness (QED) is 0.571. The number of piperidine rings is 1. The van der Waals surface area contributed by atoms with E-state index in [1.54, 1.807) is 42.6 Å². The molecule has 1 aliphatic heterocycles. The monoisotopic (exact) mass is 429 g/mol. The maximum Gasteiger partial charge on any atom is 0.337 e. The molecule has 8 nitrogen and oxygen atoms in total. The predicted octanol–water partition coefficient (Wildman–Crippen LogP) is 3.68. The van der Waals surface area contributed by atoms with Crippen LogP contribution in [0.2, 0.25) is 0 Å². The molecule has 0 amide bonds. The summed E-state index contributed by atoms with van der Waals surface area (Å²) in [6.07, 6.45) is 3.62. The van der Waals surface area contributed by atoms with Crippen molar-refractivity contribution in [2.24, 2.45) is 0 Å². The van der Waals surface area contributed by atoms with E-state index >= 15 is 0 Å². The van der Waals surface area contributed by atoms with Gasteiger partial charge in [-0.2, -0.15) is 5.26 Å². The standard InChI is InChI=1S/C24H23N5O3/c1-31-23(30)16-2-5-19(6-3-16)28-24-27-13-10-21(29-24)17-4-7-22(18(14-17)15-25)32-20-8-11-26-12-9-20/h2-7,10,13-14,20,26H,8-9,11-12H2,1H3,(H,27,28,29). The van der Waals surface area contributed by atoms with Gasteiger partial charge in [0.2, 0.25) is 5.95 Å². The summed E-state index contributed by atoms with van der Waals surface area (Å²) in [4.78, 5) is 20.4. The fourth-order valence-corrected chi connectivity index (χ4v) is 3.49. The van der Waals surface area contributed by atoms with Crippen LogP contribution < -0.4 is 15.4 Å². The third-order valence-electron chi connectivity index (χ3n) is 5.19. The van der Waals surface area contributed by atoms with Crippen LogP contribution in [0.4, 0.5) is 11.6 Å². The molecular weight excluding hydrogens is 406 g/mol. The van der Waals surface area contributed by atoms with Crippen molar-refractivity contribution in [3.63, 3.8) is 0 Å². The highest BCUT2D eigenvalue weighted by Crippen LogP contribution is 2.28. The molecule has 0 radical (unpaired) electrons. The zero-order chi connectivity index (χ0) is 22.3. The summed E-state index contributed by atoms with van der Waals surface area (Å²) in [6, 6.07) is 16.4. The first kappa shape index (κ1) is 21.3. The van der Waals surface area contributed by atoms with Crippen molar-refractivity contribution in [2.45, 2.75) is 18.9 Å². The molecule has 3 aromatic rings. The highest BCUT2D eigenvalue weighted by molar-refractivity contribution is 5.89. The Balaban J connectivity index is 1.51. The van der Waals surface area contributed by atoms with E-state index in [4.69, 9.17) is 9.47 Å².